The Hall–Kier alpha value is -2.32. The van der Waals surface area contributed by atoms with Crippen LogP contribution >= 0.6 is 0 Å². The summed E-state index contributed by atoms with van der Waals surface area (Å²) in [7, 11) is -0.428. The number of sulfonamides is 1. The maximum Gasteiger partial charge on any atom is 0.328 e. The Balaban J connectivity index is 1.98. The van der Waals surface area contributed by atoms with Crippen LogP contribution in [0.2, 0.25) is 0 Å². The van der Waals surface area contributed by atoms with Crippen LogP contribution < -0.4 is 10.4 Å². The number of imidazole rings is 1. The molecule has 1 aromatic carbocycles. The highest BCUT2D eigenvalue weighted by molar-refractivity contribution is 7.89. The second-order valence-electron chi connectivity index (χ2n) is 4.96. The van der Waals surface area contributed by atoms with E-state index in [1.54, 1.807) is 32.3 Å². The second kappa shape index (κ2) is 5.15. The highest BCUT2D eigenvalue weighted by atomic mass is 32.2. The Labute approximate surface area is 126 Å². The summed E-state index contributed by atoms with van der Waals surface area (Å²) in [6.45, 7) is 0.0705. The molecule has 0 aliphatic rings. The molecule has 0 amide bonds. The van der Waals surface area contributed by atoms with Gasteiger partial charge in [0, 0.05) is 14.1 Å². The van der Waals surface area contributed by atoms with Crippen LogP contribution in [0.5, 0.6) is 0 Å². The van der Waals surface area contributed by atoms with Crippen molar-refractivity contribution in [3.63, 3.8) is 0 Å². The van der Waals surface area contributed by atoms with E-state index in [-0.39, 0.29) is 17.1 Å². The van der Waals surface area contributed by atoms with Gasteiger partial charge >= 0.3 is 5.69 Å². The fourth-order valence-corrected chi connectivity index (χ4v) is 3.33. The molecule has 2 heterocycles. The van der Waals surface area contributed by atoms with Crippen LogP contribution in [0, 0.1) is 0 Å². The van der Waals surface area contributed by atoms with Crippen molar-refractivity contribution >= 4 is 21.1 Å². The van der Waals surface area contributed by atoms with Crippen LogP contribution in [0.25, 0.3) is 11.0 Å². The van der Waals surface area contributed by atoms with Crippen molar-refractivity contribution in [1.29, 1.82) is 0 Å². The van der Waals surface area contributed by atoms with Gasteiger partial charge in [-0.2, -0.15) is 0 Å². The van der Waals surface area contributed by atoms with Gasteiger partial charge in [0.25, 0.3) is 0 Å². The van der Waals surface area contributed by atoms with Crippen LogP contribution in [0.4, 0.5) is 0 Å². The first-order valence-electron chi connectivity index (χ1n) is 6.57. The van der Waals surface area contributed by atoms with Crippen LogP contribution in [-0.4, -0.2) is 17.6 Å². The molecular formula is C14H15N3O4S. The first-order chi connectivity index (χ1) is 10.4. The number of benzene rings is 1. The quantitative estimate of drug-likeness (QED) is 0.775. The molecule has 2 aromatic heterocycles. The number of aromatic nitrogens is 2. The number of furan rings is 1. The molecule has 0 atom stereocenters. The maximum absolute atomic E-state index is 12.3. The fraction of sp³-hybridized carbons (Fsp3) is 0.214. The Bertz CT molecular complexity index is 981. The topological polar surface area (TPSA) is 86.2 Å². The minimum Gasteiger partial charge on any atom is -0.468 e. The molecule has 7 nitrogen and oxygen atoms in total. The molecule has 0 saturated carbocycles. The van der Waals surface area contributed by atoms with E-state index in [0.29, 0.717) is 16.8 Å². The maximum atomic E-state index is 12.3. The largest absolute Gasteiger partial charge is 0.468 e. The molecule has 0 aliphatic heterocycles. The Morgan fingerprint density at radius 1 is 1.14 bits per heavy atom. The summed E-state index contributed by atoms with van der Waals surface area (Å²) < 4.78 is 35.1. The third kappa shape index (κ3) is 2.36. The van der Waals surface area contributed by atoms with Gasteiger partial charge < -0.3 is 4.42 Å². The molecule has 0 radical (unpaired) electrons. The van der Waals surface area contributed by atoms with Crippen LogP contribution in [0.3, 0.4) is 0 Å². The van der Waals surface area contributed by atoms with E-state index >= 15 is 0 Å². The van der Waals surface area contributed by atoms with Gasteiger partial charge in [-0.15, -0.1) is 0 Å². The summed E-state index contributed by atoms with van der Waals surface area (Å²) >= 11 is 0. The third-order valence-corrected chi connectivity index (χ3v) is 4.97. The van der Waals surface area contributed by atoms with Gasteiger partial charge in [-0.1, -0.05) is 0 Å². The molecule has 0 unspecified atom stereocenters. The van der Waals surface area contributed by atoms with E-state index in [1.165, 1.54) is 27.5 Å². The van der Waals surface area contributed by atoms with E-state index in [0.717, 1.165) is 0 Å². The Morgan fingerprint density at radius 3 is 2.55 bits per heavy atom. The summed E-state index contributed by atoms with van der Waals surface area (Å²) in [5.74, 6) is 0.525. The van der Waals surface area contributed by atoms with Gasteiger partial charge in [0.2, 0.25) is 10.0 Å². The summed E-state index contributed by atoms with van der Waals surface area (Å²) in [5.41, 5.74) is 1.04. The summed E-state index contributed by atoms with van der Waals surface area (Å²) in [6.07, 6.45) is 1.48. The van der Waals surface area contributed by atoms with Gasteiger partial charge in [-0.05, 0) is 30.3 Å². The molecule has 0 bridgehead atoms. The standard InChI is InChI=1S/C14H15N3O4S/c1-16-12-6-5-11(8-13(12)17(2)14(16)18)22(19,20)15-9-10-4-3-7-21-10/h3-8,15H,9H2,1-2H3. The fourth-order valence-electron chi connectivity index (χ4n) is 2.32. The van der Waals surface area contributed by atoms with Crippen molar-refractivity contribution in [1.82, 2.24) is 13.9 Å². The van der Waals surface area contributed by atoms with Crippen molar-refractivity contribution in [2.45, 2.75) is 11.4 Å². The molecule has 3 rings (SSSR count). The zero-order chi connectivity index (χ0) is 15.9. The smallest absolute Gasteiger partial charge is 0.328 e. The van der Waals surface area contributed by atoms with E-state index < -0.39 is 10.0 Å². The van der Waals surface area contributed by atoms with Gasteiger partial charge in [0.05, 0.1) is 28.7 Å². The number of rotatable bonds is 4. The molecule has 0 aliphatic carbocycles. The first-order valence-corrected chi connectivity index (χ1v) is 8.06. The monoisotopic (exact) mass is 321 g/mol. The summed E-state index contributed by atoms with van der Waals surface area (Å²) in [6, 6.07) is 7.97. The minimum atomic E-state index is -3.68. The lowest BCUT2D eigenvalue weighted by atomic mass is 10.3. The molecule has 0 fully saturated rings. The lowest BCUT2D eigenvalue weighted by Crippen LogP contribution is -2.23. The lowest BCUT2D eigenvalue weighted by molar-refractivity contribution is 0.498. The van der Waals surface area contributed by atoms with Crippen molar-refractivity contribution in [2.75, 3.05) is 0 Å². The highest BCUT2D eigenvalue weighted by Gasteiger charge is 2.17. The number of nitrogens with zero attached hydrogens (tertiary/aromatic N) is 2. The third-order valence-electron chi connectivity index (χ3n) is 3.57. The molecule has 3 aromatic rings. The van der Waals surface area contributed by atoms with Gasteiger partial charge in [0.1, 0.15) is 5.76 Å². The molecule has 0 saturated heterocycles. The molecular weight excluding hydrogens is 306 g/mol. The van der Waals surface area contributed by atoms with E-state index in [4.69, 9.17) is 4.42 Å². The lowest BCUT2D eigenvalue weighted by Gasteiger charge is -2.06. The average Bonchev–Trinajstić information content (AvgIpc) is 3.09. The minimum absolute atomic E-state index is 0.0705. The number of hydrogen-bond acceptors (Lipinski definition) is 4. The second-order valence-corrected chi connectivity index (χ2v) is 6.72. The van der Waals surface area contributed by atoms with Crippen molar-refractivity contribution in [2.24, 2.45) is 14.1 Å². The predicted molar refractivity (Wildman–Crippen MR) is 80.9 cm³/mol. The SMILES string of the molecule is Cn1c(=O)n(C)c2cc(S(=O)(=O)NCc3ccco3)ccc21. The molecule has 0 spiro atoms. The zero-order valence-corrected chi connectivity index (χ0v) is 12.9. The molecule has 1 N–H and O–H groups in total. The Morgan fingerprint density at radius 2 is 1.86 bits per heavy atom. The van der Waals surface area contributed by atoms with E-state index in [1.807, 2.05) is 0 Å². The first kappa shape index (κ1) is 14.6. The van der Waals surface area contributed by atoms with Crippen molar-refractivity contribution in [3.05, 3.63) is 52.8 Å². The summed E-state index contributed by atoms with van der Waals surface area (Å²) in [5, 5.41) is 0. The molecule has 22 heavy (non-hydrogen) atoms. The van der Waals surface area contributed by atoms with E-state index in [2.05, 4.69) is 4.72 Å². The average molecular weight is 321 g/mol. The number of nitrogens with one attached hydrogen (secondary N) is 1. The zero-order valence-electron chi connectivity index (χ0n) is 12.1. The van der Waals surface area contributed by atoms with Crippen molar-refractivity contribution in [3.8, 4) is 0 Å². The van der Waals surface area contributed by atoms with Crippen LogP contribution in [0.15, 0.2) is 50.7 Å². The van der Waals surface area contributed by atoms with Crippen LogP contribution in [-0.2, 0) is 30.7 Å². The number of aryl methyl sites for hydroxylation is 2. The summed E-state index contributed by atoms with van der Waals surface area (Å²) in [4.78, 5) is 12.0. The van der Waals surface area contributed by atoms with E-state index in [9.17, 15) is 13.2 Å². The van der Waals surface area contributed by atoms with Crippen molar-refractivity contribution < 1.29 is 12.8 Å². The normalized spacial score (nSPS) is 12.1. The van der Waals surface area contributed by atoms with Gasteiger partial charge in [-0.25, -0.2) is 17.9 Å². The number of fused-ring (bicyclic) bond motifs is 1. The Kier molecular flexibility index (Phi) is 3.42. The number of hydrogen-bond donors (Lipinski definition) is 1. The molecule has 116 valence electrons. The molecule has 8 heteroatoms. The highest BCUT2D eigenvalue weighted by Crippen LogP contribution is 2.18. The van der Waals surface area contributed by atoms with Gasteiger partial charge in [0.15, 0.2) is 0 Å². The van der Waals surface area contributed by atoms with Gasteiger partial charge in [-0.3, -0.25) is 9.13 Å². The van der Waals surface area contributed by atoms with Crippen LogP contribution in [0.1, 0.15) is 5.76 Å². The predicted octanol–water partition coefficient (Wildman–Crippen LogP) is 0.948.